The highest BCUT2D eigenvalue weighted by Gasteiger charge is 2.48. The van der Waals surface area contributed by atoms with Crippen molar-refractivity contribution in [1.29, 1.82) is 0 Å². The SMILES string of the molecule is CCC1(CCCN)C(=O)NC(=O)NC1=O. The van der Waals surface area contributed by atoms with E-state index in [9.17, 15) is 14.4 Å². The number of amides is 4. The molecule has 0 aliphatic carbocycles. The van der Waals surface area contributed by atoms with Gasteiger partial charge in [0.25, 0.3) is 0 Å². The summed E-state index contributed by atoms with van der Waals surface area (Å²) in [5.41, 5.74) is 4.22. The van der Waals surface area contributed by atoms with E-state index in [1.807, 2.05) is 0 Å². The number of urea groups is 1. The number of carbonyl (C=O) groups is 3. The lowest BCUT2D eigenvalue weighted by Crippen LogP contribution is -2.62. The van der Waals surface area contributed by atoms with Gasteiger partial charge in [-0.2, -0.15) is 0 Å². The van der Waals surface area contributed by atoms with E-state index >= 15 is 0 Å². The van der Waals surface area contributed by atoms with Crippen LogP contribution < -0.4 is 16.4 Å². The van der Waals surface area contributed by atoms with Crippen molar-refractivity contribution in [2.24, 2.45) is 11.1 Å². The van der Waals surface area contributed by atoms with Gasteiger partial charge in [0.05, 0.1) is 0 Å². The van der Waals surface area contributed by atoms with Gasteiger partial charge >= 0.3 is 6.03 Å². The Hall–Kier alpha value is -1.43. The van der Waals surface area contributed by atoms with Crippen molar-refractivity contribution in [3.8, 4) is 0 Å². The average molecular weight is 213 g/mol. The van der Waals surface area contributed by atoms with E-state index in [0.717, 1.165) is 0 Å². The van der Waals surface area contributed by atoms with Crippen molar-refractivity contribution in [3.63, 3.8) is 0 Å². The molecule has 1 aliphatic heterocycles. The van der Waals surface area contributed by atoms with Crippen molar-refractivity contribution in [2.75, 3.05) is 6.54 Å². The minimum Gasteiger partial charge on any atom is -0.330 e. The summed E-state index contributed by atoms with van der Waals surface area (Å²) < 4.78 is 0. The summed E-state index contributed by atoms with van der Waals surface area (Å²) in [7, 11) is 0. The third-order valence-electron chi connectivity index (χ3n) is 2.73. The zero-order valence-electron chi connectivity index (χ0n) is 8.63. The van der Waals surface area contributed by atoms with Gasteiger partial charge in [-0.15, -0.1) is 0 Å². The second-order valence-electron chi connectivity index (χ2n) is 3.57. The predicted octanol–water partition coefficient (Wildman–Crippen LogP) is -0.512. The second-order valence-corrected chi connectivity index (χ2v) is 3.57. The molecule has 84 valence electrons. The van der Waals surface area contributed by atoms with Gasteiger partial charge in [0.2, 0.25) is 11.8 Å². The molecule has 4 N–H and O–H groups in total. The molecule has 1 heterocycles. The van der Waals surface area contributed by atoms with Crippen LogP contribution in [0.3, 0.4) is 0 Å². The number of nitrogens with one attached hydrogen (secondary N) is 2. The van der Waals surface area contributed by atoms with Crippen molar-refractivity contribution >= 4 is 17.8 Å². The van der Waals surface area contributed by atoms with Crippen LogP contribution in [0.1, 0.15) is 26.2 Å². The fraction of sp³-hybridized carbons (Fsp3) is 0.667. The highest BCUT2D eigenvalue weighted by atomic mass is 16.2. The van der Waals surface area contributed by atoms with Gasteiger partial charge in [-0.25, -0.2) is 4.79 Å². The van der Waals surface area contributed by atoms with Gasteiger partial charge < -0.3 is 5.73 Å². The summed E-state index contributed by atoms with van der Waals surface area (Å²) in [4.78, 5) is 34.2. The third-order valence-corrected chi connectivity index (χ3v) is 2.73. The molecule has 0 unspecified atom stereocenters. The quantitative estimate of drug-likeness (QED) is 0.547. The second kappa shape index (κ2) is 4.39. The maximum atomic E-state index is 11.6. The predicted molar refractivity (Wildman–Crippen MR) is 52.7 cm³/mol. The van der Waals surface area contributed by atoms with Gasteiger partial charge in [0.15, 0.2) is 0 Å². The molecular formula is C9H15N3O3. The Morgan fingerprint density at radius 2 is 1.73 bits per heavy atom. The zero-order chi connectivity index (χ0) is 11.5. The number of barbiturate groups is 1. The zero-order valence-corrected chi connectivity index (χ0v) is 8.63. The lowest BCUT2D eigenvalue weighted by molar-refractivity contribution is -0.145. The van der Waals surface area contributed by atoms with Gasteiger partial charge in [0.1, 0.15) is 5.41 Å². The molecule has 0 bridgehead atoms. The van der Waals surface area contributed by atoms with Crippen LogP contribution in [-0.2, 0) is 9.59 Å². The van der Waals surface area contributed by atoms with Crippen molar-refractivity contribution in [2.45, 2.75) is 26.2 Å². The van der Waals surface area contributed by atoms with Crippen molar-refractivity contribution in [1.82, 2.24) is 10.6 Å². The summed E-state index contributed by atoms with van der Waals surface area (Å²) in [5.74, 6) is -1.04. The third kappa shape index (κ3) is 1.99. The fourth-order valence-corrected chi connectivity index (χ4v) is 1.71. The standard InChI is InChI=1S/C9H15N3O3/c1-2-9(4-3-5-10)6(13)11-8(15)12-7(9)14/h2-5,10H2,1H3,(H2,11,12,13,14,15). The van der Waals surface area contributed by atoms with E-state index in [1.54, 1.807) is 6.92 Å². The van der Waals surface area contributed by atoms with Gasteiger partial charge in [-0.05, 0) is 25.8 Å². The summed E-state index contributed by atoms with van der Waals surface area (Å²) >= 11 is 0. The van der Waals surface area contributed by atoms with Crippen LogP contribution in [-0.4, -0.2) is 24.4 Å². The first-order valence-corrected chi connectivity index (χ1v) is 4.93. The Morgan fingerprint density at radius 1 is 1.20 bits per heavy atom. The molecule has 0 saturated carbocycles. The van der Waals surface area contributed by atoms with E-state index < -0.39 is 23.3 Å². The first-order valence-electron chi connectivity index (χ1n) is 4.93. The highest BCUT2D eigenvalue weighted by Crippen LogP contribution is 2.30. The lowest BCUT2D eigenvalue weighted by Gasteiger charge is -2.32. The maximum absolute atomic E-state index is 11.6. The first kappa shape index (κ1) is 11.6. The molecule has 1 saturated heterocycles. The first-order chi connectivity index (χ1) is 7.06. The summed E-state index contributed by atoms with van der Waals surface area (Å²) in [6, 6.07) is -0.748. The van der Waals surface area contributed by atoms with Crippen LogP contribution >= 0.6 is 0 Å². The van der Waals surface area contributed by atoms with Crippen LogP contribution in [0, 0.1) is 5.41 Å². The van der Waals surface area contributed by atoms with E-state index in [0.29, 0.717) is 25.8 Å². The van der Waals surface area contributed by atoms with Gasteiger partial charge in [0, 0.05) is 0 Å². The molecule has 15 heavy (non-hydrogen) atoms. The van der Waals surface area contributed by atoms with Crippen LogP contribution in [0.2, 0.25) is 0 Å². The smallest absolute Gasteiger partial charge is 0.328 e. The Kier molecular flexibility index (Phi) is 3.41. The molecule has 0 aromatic rings. The highest BCUT2D eigenvalue weighted by molar-refractivity contribution is 6.19. The maximum Gasteiger partial charge on any atom is 0.328 e. The molecule has 0 radical (unpaired) electrons. The molecule has 6 nitrogen and oxygen atoms in total. The number of rotatable bonds is 4. The molecule has 1 fully saturated rings. The largest absolute Gasteiger partial charge is 0.330 e. The number of hydrogen-bond acceptors (Lipinski definition) is 4. The van der Waals surface area contributed by atoms with E-state index in [1.165, 1.54) is 0 Å². The minimum atomic E-state index is -1.13. The normalized spacial score (nSPS) is 19.7. The summed E-state index contributed by atoms with van der Waals surface area (Å²) in [6.45, 7) is 2.15. The van der Waals surface area contributed by atoms with E-state index in [4.69, 9.17) is 5.73 Å². The lowest BCUT2D eigenvalue weighted by atomic mass is 9.77. The Balaban J connectivity index is 2.89. The molecule has 0 aromatic carbocycles. The summed E-state index contributed by atoms with van der Waals surface area (Å²) in [6.07, 6.45) is 1.30. The molecular weight excluding hydrogens is 198 g/mol. The van der Waals surface area contributed by atoms with Crippen molar-refractivity contribution in [3.05, 3.63) is 0 Å². The Bertz CT molecular complexity index is 281. The molecule has 6 heteroatoms. The van der Waals surface area contributed by atoms with E-state index in [-0.39, 0.29) is 0 Å². The van der Waals surface area contributed by atoms with Gasteiger partial charge in [-0.3, -0.25) is 20.2 Å². The average Bonchev–Trinajstić information content (AvgIpc) is 2.17. The Morgan fingerprint density at radius 3 is 2.13 bits per heavy atom. The number of hydrogen-bond donors (Lipinski definition) is 3. The van der Waals surface area contributed by atoms with E-state index in [2.05, 4.69) is 10.6 Å². The van der Waals surface area contributed by atoms with Crippen LogP contribution in [0.15, 0.2) is 0 Å². The number of carbonyl (C=O) groups excluding carboxylic acids is 3. The molecule has 0 atom stereocenters. The number of nitrogens with two attached hydrogens (primary N) is 1. The fourth-order valence-electron chi connectivity index (χ4n) is 1.71. The van der Waals surface area contributed by atoms with Crippen LogP contribution in [0.5, 0.6) is 0 Å². The molecule has 0 spiro atoms. The Labute approximate surface area is 87.6 Å². The van der Waals surface area contributed by atoms with Crippen molar-refractivity contribution < 1.29 is 14.4 Å². The molecule has 0 aromatic heterocycles. The van der Waals surface area contributed by atoms with Gasteiger partial charge in [-0.1, -0.05) is 6.92 Å². The monoisotopic (exact) mass is 213 g/mol. The minimum absolute atomic E-state index is 0.359. The molecule has 4 amide bonds. The topological polar surface area (TPSA) is 101 Å². The molecule has 1 rings (SSSR count). The number of imide groups is 2. The van der Waals surface area contributed by atoms with Crippen LogP contribution in [0.25, 0.3) is 0 Å². The van der Waals surface area contributed by atoms with Crippen LogP contribution in [0.4, 0.5) is 4.79 Å². The summed E-state index contributed by atoms with van der Waals surface area (Å²) in [5, 5.41) is 4.22. The molecule has 1 aliphatic rings.